The van der Waals surface area contributed by atoms with Crippen LogP contribution in [0.25, 0.3) is 0 Å². The molecule has 0 aromatic carbocycles. The van der Waals surface area contributed by atoms with E-state index >= 15 is 0 Å². The van der Waals surface area contributed by atoms with Crippen LogP contribution in [-0.4, -0.2) is 36.5 Å². The van der Waals surface area contributed by atoms with E-state index in [4.69, 9.17) is 14.2 Å². The molecule has 0 amide bonds. The lowest BCUT2D eigenvalue weighted by Gasteiger charge is -2.35. The molecular formula is C22H34O4. The van der Waals surface area contributed by atoms with Crippen LogP contribution in [0.3, 0.4) is 0 Å². The van der Waals surface area contributed by atoms with Gasteiger partial charge >= 0.3 is 0 Å². The summed E-state index contributed by atoms with van der Waals surface area (Å²) < 4.78 is 17.8. The Morgan fingerprint density at radius 3 is 2.85 bits per heavy atom. The molecule has 3 fully saturated rings. The summed E-state index contributed by atoms with van der Waals surface area (Å²) in [6.07, 6.45) is 11.0. The average molecular weight is 363 g/mol. The van der Waals surface area contributed by atoms with Gasteiger partial charge in [0.25, 0.3) is 0 Å². The summed E-state index contributed by atoms with van der Waals surface area (Å²) in [7, 11) is 0. The van der Waals surface area contributed by atoms with Crippen molar-refractivity contribution in [2.75, 3.05) is 6.61 Å². The largest absolute Gasteiger partial charge is 0.368 e. The molecule has 2 aliphatic heterocycles. The molecule has 1 N–H and O–H groups in total. The van der Waals surface area contributed by atoms with Crippen LogP contribution in [0, 0.1) is 29.1 Å². The van der Waals surface area contributed by atoms with Gasteiger partial charge in [0, 0.05) is 24.9 Å². The van der Waals surface area contributed by atoms with E-state index in [1.54, 1.807) is 0 Å². The lowest BCUT2D eigenvalue weighted by Crippen LogP contribution is -2.36. The van der Waals surface area contributed by atoms with E-state index in [2.05, 4.69) is 37.8 Å². The van der Waals surface area contributed by atoms with E-state index < -0.39 is 6.29 Å². The predicted octanol–water partition coefficient (Wildman–Crippen LogP) is 4.03. The lowest BCUT2D eigenvalue weighted by atomic mass is 9.82. The molecule has 6 atom stereocenters. The van der Waals surface area contributed by atoms with E-state index in [0.717, 1.165) is 51.6 Å². The lowest BCUT2D eigenvalue weighted by molar-refractivity contribution is -0.196. The Hall–Kier alpha value is -0.860. The molecule has 2 unspecified atom stereocenters. The molecule has 0 aromatic rings. The second kappa shape index (κ2) is 8.89. The molecule has 4 heteroatoms. The highest BCUT2D eigenvalue weighted by molar-refractivity contribution is 5.08. The summed E-state index contributed by atoms with van der Waals surface area (Å²) in [6.45, 7) is 7.11. The van der Waals surface area contributed by atoms with E-state index in [9.17, 15) is 5.11 Å². The first-order valence-corrected chi connectivity index (χ1v) is 10.2. The number of aliphatic hydroxyl groups is 1. The zero-order valence-corrected chi connectivity index (χ0v) is 16.4. The zero-order chi connectivity index (χ0) is 18.6. The van der Waals surface area contributed by atoms with E-state index in [-0.39, 0.29) is 23.9 Å². The molecule has 0 radical (unpaired) electrons. The molecule has 0 spiro atoms. The standard InChI is InChI=1S/C22H34O4/c1-4-5-13-22(2,3)19(26-21-8-6-7-14-24-21)12-10-16-9-11-18-17(16)15-20(23)25-18/h10,12,16-21,23H,6-9,11,13-15H2,1-3H3/t16-,17-,18+,19-,20?,21?/m1/s1. The first-order chi connectivity index (χ1) is 12.5. The van der Waals surface area contributed by atoms with Gasteiger partial charge in [0.2, 0.25) is 0 Å². The summed E-state index contributed by atoms with van der Waals surface area (Å²) in [5, 5.41) is 9.77. The van der Waals surface area contributed by atoms with Crippen LogP contribution in [0.4, 0.5) is 0 Å². The molecule has 3 aliphatic rings. The van der Waals surface area contributed by atoms with Crippen LogP contribution in [0.1, 0.15) is 65.7 Å². The number of hydrogen-bond acceptors (Lipinski definition) is 4. The minimum absolute atomic E-state index is 0.0299. The van der Waals surface area contributed by atoms with Crippen LogP contribution >= 0.6 is 0 Å². The number of allylic oxidation sites excluding steroid dienone is 1. The van der Waals surface area contributed by atoms with Gasteiger partial charge in [-0.1, -0.05) is 26.0 Å². The second-order valence-electron chi connectivity index (χ2n) is 8.60. The maximum atomic E-state index is 9.77. The highest BCUT2D eigenvalue weighted by atomic mass is 16.7. The Bertz CT molecular complexity index is 538. The smallest absolute Gasteiger partial charge is 0.158 e. The fourth-order valence-electron chi connectivity index (χ4n) is 4.42. The molecule has 146 valence electrons. The second-order valence-corrected chi connectivity index (χ2v) is 8.60. The highest BCUT2D eigenvalue weighted by Crippen LogP contribution is 2.43. The van der Waals surface area contributed by atoms with Gasteiger partial charge in [0.1, 0.15) is 0 Å². The van der Waals surface area contributed by atoms with Crippen LogP contribution < -0.4 is 0 Å². The van der Waals surface area contributed by atoms with Gasteiger partial charge in [0.15, 0.2) is 12.6 Å². The quantitative estimate of drug-likeness (QED) is 0.572. The van der Waals surface area contributed by atoms with E-state index in [0.29, 0.717) is 11.8 Å². The molecule has 3 rings (SSSR count). The number of rotatable bonds is 6. The summed E-state index contributed by atoms with van der Waals surface area (Å²) in [6, 6.07) is 0. The molecule has 1 saturated carbocycles. The maximum Gasteiger partial charge on any atom is 0.158 e. The minimum Gasteiger partial charge on any atom is -0.368 e. The fourth-order valence-corrected chi connectivity index (χ4v) is 4.42. The monoisotopic (exact) mass is 362 g/mol. The molecule has 0 bridgehead atoms. The number of hydrogen-bond donors (Lipinski definition) is 1. The SMILES string of the molecule is CC#CCC(C)(C)[C@@H](C=C[C@H]1CC[C@@H]2OC(O)C[C@@H]21)OC1CCCCO1. The van der Waals surface area contributed by atoms with Gasteiger partial charge in [-0.05, 0) is 50.9 Å². The normalized spacial score (nSPS) is 35.9. The molecule has 2 saturated heterocycles. The Morgan fingerprint density at radius 1 is 1.27 bits per heavy atom. The number of fused-ring (bicyclic) bond motifs is 1. The Labute approximate surface area is 158 Å². The Morgan fingerprint density at radius 2 is 2.12 bits per heavy atom. The van der Waals surface area contributed by atoms with Crippen LogP contribution in [0.15, 0.2) is 12.2 Å². The van der Waals surface area contributed by atoms with Gasteiger partial charge in [-0.2, -0.15) is 0 Å². The van der Waals surface area contributed by atoms with Crippen LogP contribution in [0.5, 0.6) is 0 Å². The topological polar surface area (TPSA) is 47.9 Å². The van der Waals surface area contributed by atoms with Crippen molar-refractivity contribution in [1.82, 2.24) is 0 Å². The maximum absolute atomic E-state index is 9.77. The minimum atomic E-state index is -0.583. The Kier molecular flexibility index (Phi) is 6.80. The Balaban J connectivity index is 1.68. The van der Waals surface area contributed by atoms with Crippen molar-refractivity contribution in [3.63, 3.8) is 0 Å². The van der Waals surface area contributed by atoms with Gasteiger partial charge < -0.3 is 19.3 Å². The highest BCUT2D eigenvalue weighted by Gasteiger charge is 2.43. The van der Waals surface area contributed by atoms with Crippen molar-refractivity contribution in [2.45, 2.75) is 90.5 Å². The molecule has 2 heterocycles. The van der Waals surface area contributed by atoms with Crippen molar-refractivity contribution >= 4 is 0 Å². The fraction of sp³-hybridized carbons (Fsp3) is 0.818. The van der Waals surface area contributed by atoms with Crippen molar-refractivity contribution in [3.8, 4) is 11.8 Å². The first kappa shape index (κ1) is 19.9. The first-order valence-electron chi connectivity index (χ1n) is 10.2. The summed E-state index contributed by atoms with van der Waals surface area (Å²) in [5.41, 5.74) is -0.0794. The van der Waals surface area contributed by atoms with Crippen LogP contribution in [-0.2, 0) is 14.2 Å². The van der Waals surface area contributed by atoms with Gasteiger partial charge in [-0.25, -0.2) is 0 Å². The molecular weight excluding hydrogens is 328 g/mol. The third kappa shape index (κ3) is 4.89. The molecule has 1 aliphatic carbocycles. The summed E-state index contributed by atoms with van der Waals surface area (Å²) in [4.78, 5) is 0. The molecule has 0 aromatic heterocycles. The summed E-state index contributed by atoms with van der Waals surface area (Å²) in [5.74, 6) is 7.13. The third-order valence-corrected chi connectivity index (χ3v) is 6.08. The predicted molar refractivity (Wildman–Crippen MR) is 101 cm³/mol. The van der Waals surface area contributed by atoms with Gasteiger partial charge in [0.05, 0.1) is 12.2 Å². The number of aliphatic hydroxyl groups excluding tert-OH is 1. The van der Waals surface area contributed by atoms with E-state index in [1.165, 1.54) is 0 Å². The number of ether oxygens (including phenoxy) is 3. The molecule has 26 heavy (non-hydrogen) atoms. The van der Waals surface area contributed by atoms with E-state index in [1.807, 2.05) is 6.92 Å². The van der Waals surface area contributed by atoms with Crippen molar-refractivity contribution in [3.05, 3.63) is 12.2 Å². The van der Waals surface area contributed by atoms with Crippen molar-refractivity contribution in [2.24, 2.45) is 17.3 Å². The third-order valence-electron chi connectivity index (χ3n) is 6.08. The van der Waals surface area contributed by atoms with Gasteiger partial charge in [-0.3, -0.25) is 0 Å². The zero-order valence-electron chi connectivity index (χ0n) is 16.4. The summed E-state index contributed by atoms with van der Waals surface area (Å²) >= 11 is 0. The van der Waals surface area contributed by atoms with Crippen molar-refractivity contribution < 1.29 is 19.3 Å². The average Bonchev–Trinajstić information content (AvgIpc) is 3.17. The van der Waals surface area contributed by atoms with Crippen molar-refractivity contribution in [1.29, 1.82) is 0 Å². The molecule has 4 nitrogen and oxygen atoms in total. The van der Waals surface area contributed by atoms with Crippen LogP contribution in [0.2, 0.25) is 0 Å². The van der Waals surface area contributed by atoms with Gasteiger partial charge in [-0.15, -0.1) is 11.8 Å².